The summed E-state index contributed by atoms with van der Waals surface area (Å²) in [5.41, 5.74) is 1.18. The fraction of sp³-hybridized carbons (Fsp3) is 0.350. The first kappa shape index (κ1) is 18.0. The molecule has 3 nitrogen and oxygen atoms in total. The summed E-state index contributed by atoms with van der Waals surface area (Å²) in [5.74, 6) is -0.0887. The summed E-state index contributed by atoms with van der Waals surface area (Å²) in [6, 6.07) is 13.7. The van der Waals surface area contributed by atoms with Crippen LogP contribution in [0.1, 0.15) is 44.4 Å². The molecule has 0 aliphatic carbocycles. The molecule has 2 aromatic carbocycles. The van der Waals surface area contributed by atoms with Crippen LogP contribution >= 0.6 is 0 Å². The van der Waals surface area contributed by atoms with E-state index >= 15 is 0 Å². The van der Waals surface area contributed by atoms with Crippen LogP contribution in [0.25, 0.3) is 0 Å². The Balaban J connectivity index is 2.07. The van der Waals surface area contributed by atoms with Gasteiger partial charge >= 0.3 is 0 Å². The molecular weight excluding hydrogens is 305 g/mol. The maximum atomic E-state index is 13.0. The van der Waals surface area contributed by atoms with Crippen LogP contribution in [0.2, 0.25) is 0 Å². The summed E-state index contributed by atoms with van der Waals surface area (Å²) in [4.78, 5) is 12.6. The first-order valence-electron chi connectivity index (χ1n) is 8.14. The number of aryl methyl sites for hydroxylation is 1. The number of nitrogens with one attached hydrogen (secondary N) is 1. The van der Waals surface area contributed by atoms with Crippen LogP contribution in [0.5, 0.6) is 5.75 Å². The maximum absolute atomic E-state index is 13.0. The van der Waals surface area contributed by atoms with Gasteiger partial charge in [-0.1, -0.05) is 36.8 Å². The van der Waals surface area contributed by atoms with E-state index in [0.29, 0.717) is 5.75 Å². The molecule has 0 aliphatic rings. The summed E-state index contributed by atoms with van der Waals surface area (Å²) >= 11 is 0. The van der Waals surface area contributed by atoms with Crippen molar-refractivity contribution in [3.63, 3.8) is 0 Å². The van der Waals surface area contributed by atoms with E-state index in [-0.39, 0.29) is 17.8 Å². The van der Waals surface area contributed by atoms with Crippen molar-refractivity contribution in [2.75, 3.05) is 0 Å². The Morgan fingerprint density at radius 2 is 1.71 bits per heavy atom. The molecule has 0 saturated heterocycles. The SMILES string of the molecule is CCC(NC(=O)C(C)(C)Oc1ccc(F)cc1)c1ccc(C)cc1. The lowest BCUT2D eigenvalue weighted by atomic mass is 10.0. The highest BCUT2D eigenvalue weighted by Gasteiger charge is 2.31. The molecule has 2 aromatic rings. The van der Waals surface area contributed by atoms with Gasteiger partial charge in [0.1, 0.15) is 11.6 Å². The minimum atomic E-state index is -1.06. The molecule has 1 unspecified atom stereocenters. The first-order chi connectivity index (χ1) is 11.3. The molecule has 1 amide bonds. The van der Waals surface area contributed by atoms with Gasteiger partial charge < -0.3 is 10.1 Å². The zero-order valence-electron chi connectivity index (χ0n) is 14.6. The fourth-order valence-corrected chi connectivity index (χ4v) is 2.40. The van der Waals surface area contributed by atoms with Crippen LogP contribution in [-0.2, 0) is 4.79 Å². The highest BCUT2D eigenvalue weighted by atomic mass is 19.1. The molecule has 0 bridgehead atoms. The third kappa shape index (κ3) is 4.57. The smallest absolute Gasteiger partial charge is 0.264 e. The minimum absolute atomic E-state index is 0.0748. The van der Waals surface area contributed by atoms with E-state index in [9.17, 15) is 9.18 Å². The molecule has 24 heavy (non-hydrogen) atoms. The third-order valence-corrected chi connectivity index (χ3v) is 3.93. The molecule has 2 rings (SSSR count). The Morgan fingerprint density at radius 3 is 2.25 bits per heavy atom. The molecule has 128 valence electrons. The molecule has 0 saturated carbocycles. The lowest BCUT2D eigenvalue weighted by molar-refractivity contribution is -0.135. The average Bonchev–Trinajstić information content (AvgIpc) is 2.55. The van der Waals surface area contributed by atoms with Gasteiger partial charge in [-0.3, -0.25) is 4.79 Å². The summed E-state index contributed by atoms with van der Waals surface area (Å²) < 4.78 is 18.7. The largest absolute Gasteiger partial charge is 0.478 e. The van der Waals surface area contributed by atoms with Gasteiger partial charge in [0.05, 0.1) is 6.04 Å². The van der Waals surface area contributed by atoms with Crippen LogP contribution in [0, 0.1) is 12.7 Å². The number of benzene rings is 2. The van der Waals surface area contributed by atoms with Crippen molar-refractivity contribution >= 4 is 5.91 Å². The van der Waals surface area contributed by atoms with E-state index in [1.54, 1.807) is 13.8 Å². The summed E-state index contributed by atoms with van der Waals surface area (Å²) in [6.07, 6.45) is 0.779. The van der Waals surface area contributed by atoms with Crippen LogP contribution in [0.4, 0.5) is 4.39 Å². The molecule has 0 aromatic heterocycles. The highest BCUT2D eigenvalue weighted by molar-refractivity contribution is 5.85. The van der Waals surface area contributed by atoms with Crippen LogP contribution in [0.3, 0.4) is 0 Å². The molecule has 0 radical (unpaired) electrons. The van der Waals surface area contributed by atoms with Crippen molar-refractivity contribution in [1.82, 2.24) is 5.32 Å². The van der Waals surface area contributed by atoms with Crippen molar-refractivity contribution in [3.8, 4) is 5.75 Å². The number of hydrogen-bond donors (Lipinski definition) is 1. The quantitative estimate of drug-likeness (QED) is 0.844. The van der Waals surface area contributed by atoms with Crippen molar-refractivity contribution in [3.05, 3.63) is 65.5 Å². The van der Waals surface area contributed by atoms with Gasteiger partial charge in [-0.2, -0.15) is 0 Å². The topological polar surface area (TPSA) is 38.3 Å². The van der Waals surface area contributed by atoms with Crippen LogP contribution in [0.15, 0.2) is 48.5 Å². The summed E-state index contributed by atoms with van der Waals surface area (Å²) in [6.45, 7) is 7.46. The Bertz CT molecular complexity index is 678. The molecule has 0 fully saturated rings. The Morgan fingerprint density at radius 1 is 1.12 bits per heavy atom. The Labute approximate surface area is 142 Å². The standard InChI is InChI=1S/C20H24FNO2/c1-5-18(15-8-6-14(2)7-9-15)22-19(23)20(3,4)24-17-12-10-16(21)11-13-17/h6-13,18H,5H2,1-4H3,(H,22,23). The minimum Gasteiger partial charge on any atom is -0.478 e. The van der Waals surface area contributed by atoms with Crippen molar-refractivity contribution in [2.45, 2.75) is 45.8 Å². The van der Waals surface area contributed by atoms with Gasteiger partial charge in [-0.25, -0.2) is 4.39 Å². The molecule has 0 spiro atoms. The predicted octanol–water partition coefficient (Wildman–Crippen LogP) is 4.56. The van der Waals surface area contributed by atoms with Gasteiger partial charge in [0, 0.05) is 0 Å². The van der Waals surface area contributed by atoms with E-state index in [1.165, 1.54) is 29.8 Å². The van der Waals surface area contributed by atoms with Crippen molar-refractivity contribution < 1.29 is 13.9 Å². The normalized spacial score (nSPS) is 12.5. The van der Waals surface area contributed by atoms with E-state index < -0.39 is 5.60 Å². The van der Waals surface area contributed by atoms with E-state index in [4.69, 9.17) is 4.74 Å². The summed E-state index contributed by atoms with van der Waals surface area (Å²) in [5, 5.41) is 3.04. The number of amides is 1. The zero-order valence-corrected chi connectivity index (χ0v) is 14.6. The highest BCUT2D eigenvalue weighted by Crippen LogP contribution is 2.22. The van der Waals surface area contributed by atoms with Gasteiger partial charge in [-0.05, 0) is 57.0 Å². The molecule has 0 aliphatic heterocycles. The third-order valence-electron chi connectivity index (χ3n) is 3.93. The Hall–Kier alpha value is -2.36. The molecule has 1 atom stereocenters. The van der Waals surface area contributed by atoms with E-state index in [2.05, 4.69) is 5.32 Å². The number of halogens is 1. The second-order valence-corrected chi connectivity index (χ2v) is 6.41. The predicted molar refractivity (Wildman–Crippen MR) is 93.5 cm³/mol. The van der Waals surface area contributed by atoms with E-state index in [0.717, 1.165) is 12.0 Å². The van der Waals surface area contributed by atoms with Crippen LogP contribution < -0.4 is 10.1 Å². The summed E-state index contributed by atoms with van der Waals surface area (Å²) in [7, 11) is 0. The number of hydrogen-bond acceptors (Lipinski definition) is 2. The second-order valence-electron chi connectivity index (χ2n) is 6.41. The number of ether oxygens (including phenoxy) is 1. The second kappa shape index (κ2) is 7.47. The van der Waals surface area contributed by atoms with Gasteiger partial charge in [0.25, 0.3) is 5.91 Å². The number of carbonyl (C=O) groups excluding carboxylic acids is 1. The van der Waals surface area contributed by atoms with Gasteiger partial charge in [-0.15, -0.1) is 0 Å². The van der Waals surface area contributed by atoms with Gasteiger partial charge in [0.2, 0.25) is 0 Å². The fourth-order valence-electron chi connectivity index (χ4n) is 2.40. The average molecular weight is 329 g/mol. The number of carbonyl (C=O) groups is 1. The van der Waals surface area contributed by atoms with Crippen LogP contribution in [-0.4, -0.2) is 11.5 Å². The zero-order chi connectivity index (χ0) is 17.7. The lowest BCUT2D eigenvalue weighted by Gasteiger charge is -2.28. The molecule has 1 N–H and O–H groups in total. The first-order valence-corrected chi connectivity index (χ1v) is 8.14. The molecule has 4 heteroatoms. The lowest BCUT2D eigenvalue weighted by Crippen LogP contribution is -2.47. The van der Waals surface area contributed by atoms with Gasteiger partial charge in [0.15, 0.2) is 5.60 Å². The van der Waals surface area contributed by atoms with Crippen molar-refractivity contribution in [1.29, 1.82) is 0 Å². The van der Waals surface area contributed by atoms with E-state index in [1.807, 2.05) is 38.1 Å². The molecule has 0 heterocycles. The Kier molecular flexibility index (Phi) is 5.60. The van der Waals surface area contributed by atoms with Crippen molar-refractivity contribution in [2.24, 2.45) is 0 Å². The molecular formula is C20H24FNO2. The monoisotopic (exact) mass is 329 g/mol. The maximum Gasteiger partial charge on any atom is 0.264 e. The number of rotatable bonds is 6.